The van der Waals surface area contributed by atoms with Gasteiger partial charge < -0.3 is 10.0 Å². The predicted octanol–water partition coefficient (Wildman–Crippen LogP) is 1.72. The Bertz CT molecular complexity index is 406. The topological polar surface area (TPSA) is 60.9 Å². The number of carboxylic acid groups (broad SMARTS) is 1. The lowest BCUT2D eigenvalue weighted by atomic mass is 9.71. The first kappa shape index (κ1) is 14.8. The maximum absolute atomic E-state index is 12.5. The van der Waals surface area contributed by atoms with Crippen molar-refractivity contribution >= 4 is 11.9 Å². The van der Waals surface area contributed by atoms with Gasteiger partial charge in [-0.2, -0.15) is 0 Å². The van der Waals surface area contributed by atoms with Gasteiger partial charge in [-0.25, -0.2) is 0 Å². The van der Waals surface area contributed by atoms with Gasteiger partial charge in [-0.3, -0.25) is 14.5 Å². The number of hydrogen-bond donors (Lipinski definition) is 1. The van der Waals surface area contributed by atoms with Crippen molar-refractivity contribution in [1.29, 1.82) is 0 Å². The van der Waals surface area contributed by atoms with Crippen molar-refractivity contribution in [1.82, 2.24) is 9.80 Å². The number of carbonyl (C=O) groups is 2. The molecule has 1 N–H and O–H groups in total. The molecule has 0 atom stereocenters. The van der Waals surface area contributed by atoms with Crippen LogP contribution in [0.15, 0.2) is 0 Å². The third kappa shape index (κ3) is 3.23. The van der Waals surface area contributed by atoms with Gasteiger partial charge in [0, 0.05) is 38.6 Å². The van der Waals surface area contributed by atoms with Crippen LogP contribution in [-0.4, -0.2) is 59.0 Å². The fourth-order valence-corrected chi connectivity index (χ4v) is 3.87. The average Bonchev–Trinajstić information content (AvgIpc) is 3.33. The van der Waals surface area contributed by atoms with Crippen LogP contribution in [0.4, 0.5) is 0 Å². The predicted molar refractivity (Wildman–Crippen MR) is 78.9 cm³/mol. The Kier molecular flexibility index (Phi) is 4.20. The summed E-state index contributed by atoms with van der Waals surface area (Å²) < 4.78 is 0. The molecular weight excluding hydrogens is 268 g/mol. The summed E-state index contributed by atoms with van der Waals surface area (Å²) in [5.41, 5.74) is -0.789. The van der Waals surface area contributed by atoms with Crippen molar-refractivity contribution in [2.45, 2.75) is 57.4 Å². The summed E-state index contributed by atoms with van der Waals surface area (Å²) in [6.45, 7) is 3.45. The van der Waals surface area contributed by atoms with E-state index in [4.69, 9.17) is 0 Å². The number of aliphatic carboxylic acids is 1. The van der Waals surface area contributed by atoms with Crippen LogP contribution in [0.3, 0.4) is 0 Å². The van der Waals surface area contributed by atoms with E-state index >= 15 is 0 Å². The molecule has 0 aromatic carbocycles. The Hall–Kier alpha value is -1.10. The third-order valence-electron chi connectivity index (χ3n) is 5.48. The summed E-state index contributed by atoms with van der Waals surface area (Å²) >= 11 is 0. The fourth-order valence-electron chi connectivity index (χ4n) is 3.87. The average molecular weight is 294 g/mol. The third-order valence-corrected chi connectivity index (χ3v) is 5.48. The van der Waals surface area contributed by atoms with Crippen molar-refractivity contribution in [3.05, 3.63) is 0 Å². The number of piperazine rings is 1. The van der Waals surface area contributed by atoms with E-state index in [1.54, 1.807) is 0 Å². The Morgan fingerprint density at radius 1 is 1.00 bits per heavy atom. The molecule has 0 aromatic heterocycles. The molecule has 0 aromatic rings. The van der Waals surface area contributed by atoms with Gasteiger partial charge in [0.2, 0.25) is 5.91 Å². The summed E-state index contributed by atoms with van der Waals surface area (Å²) in [7, 11) is 0. The van der Waals surface area contributed by atoms with E-state index < -0.39 is 11.4 Å². The Balaban J connectivity index is 1.56. The second kappa shape index (κ2) is 5.95. The van der Waals surface area contributed by atoms with Crippen LogP contribution in [0.25, 0.3) is 0 Å². The molecule has 0 unspecified atom stereocenters. The molecule has 3 rings (SSSR count). The molecule has 3 aliphatic rings. The van der Waals surface area contributed by atoms with Crippen LogP contribution in [0.5, 0.6) is 0 Å². The molecule has 1 saturated heterocycles. The minimum Gasteiger partial charge on any atom is -0.481 e. The number of amides is 1. The zero-order valence-corrected chi connectivity index (χ0v) is 12.7. The molecule has 118 valence electrons. The first-order valence-electron chi connectivity index (χ1n) is 8.36. The van der Waals surface area contributed by atoms with Crippen LogP contribution in [0.1, 0.15) is 51.4 Å². The van der Waals surface area contributed by atoms with Crippen LogP contribution in [0.2, 0.25) is 0 Å². The van der Waals surface area contributed by atoms with Gasteiger partial charge in [-0.1, -0.05) is 19.3 Å². The maximum atomic E-state index is 12.5. The number of hydrogen-bond acceptors (Lipinski definition) is 3. The zero-order valence-electron chi connectivity index (χ0n) is 12.7. The van der Waals surface area contributed by atoms with Gasteiger partial charge in [0.15, 0.2) is 0 Å². The molecule has 0 spiro atoms. The highest BCUT2D eigenvalue weighted by atomic mass is 16.4. The van der Waals surface area contributed by atoms with Crippen LogP contribution >= 0.6 is 0 Å². The largest absolute Gasteiger partial charge is 0.481 e. The maximum Gasteiger partial charge on any atom is 0.310 e. The van der Waals surface area contributed by atoms with Crippen molar-refractivity contribution in [3.8, 4) is 0 Å². The fraction of sp³-hybridized carbons (Fsp3) is 0.875. The Morgan fingerprint density at radius 2 is 1.62 bits per heavy atom. The first-order valence-corrected chi connectivity index (χ1v) is 8.36. The van der Waals surface area contributed by atoms with E-state index in [0.717, 1.165) is 51.5 Å². The molecular formula is C16H26N2O3. The van der Waals surface area contributed by atoms with Crippen LogP contribution < -0.4 is 0 Å². The van der Waals surface area contributed by atoms with Crippen molar-refractivity contribution < 1.29 is 14.7 Å². The molecule has 2 saturated carbocycles. The Labute approximate surface area is 126 Å². The first-order chi connectivity index (χ1) is 10.1. The van der Waals surface area contributed by atoms with E-state index in [9.17, 15) is 14.7 Å². The van der Waals surface area contributed by atoms with E-state index in [-0.39, 0.29) is 12.3 Å². The Morgan fingerprint density at radius 3 is 2.14 bits per heavy atom. The molecule has 1 aliphatic heterocycles. The summed E-state index contributed by atoms with van der Waals surface area (Å²) in [4.78, 5) is 28.5. The minimum atomic E-state index is -0.789. The smallest absolute Gasteiger partial charge is 0.310 e. The van der Waals surface area contributed by atoms with Gasteiger partial charge in [0.25, 0.3) is 0 Å². The molecule has 1 amide bonds. The van der Waals surface area contributed by atoms with Crippen molar-refractivity contribution in [3.63, 3.8) is 0 Å². The van der Waals surface area contributed by atoms with Crippen LogP contribution in [-0.2, 0) is 9.59 Å². The number of nitrogens with zero attached hydrogens (tertiary/aromatic N) is 2. The van der Waals surface area contributed by atoms with E-state index in [2.05, 4.69) is 4.90 Å². The van der Waals surface area contributed by atoms with Crippen molar-refractivity contribution in [2.75, 3.05) is 26.2 Å². The van der Waals surface area contributed by atoms with Gasteiger partial charge >= 0.3 is 5.97 Å². The normalized spacial score (nSPS) is 26.6. The highest BCUT2D eigenvalue weighted by Crippen LogP contribution is 2.40. The quantitative estimate of drug-likeness (QED) is 0.857. The lowest BCUT2D eigenvalue weighted by Crippen LogP contribution is -2.51. The molecule has 0 radical (unpaired) electrons. The summed E-state index contributed by atoms with van der Waals surface area (Å²) in [5, 5.41) is 9.58. The van der Waals surface area contributed by atoms with Gasteiger partial charge in [0.05, 0.1) is 5.41 Å². The molecule has 3 fully saturated rings. The number of carbonyl (C=O) groups excluding carboxylic acids is 1. The lowest BCUT2D eigenvalue weighted by Gasteiger charge is -2.38. The SMILES string of the molecule is O=C(CC1(C(=O)O)CCCCC1)N1CCN(C2CC2)CC1. The highest BCUT2D eigenvalue weighted by Gasteiger charge is 2.43. The summed E-state index contributed by atoms with van der Waals surface area (Å²) in [6.07, 6.45) is 7.11. The van der Waals surface area contributed by atoms with Gasteiger partial charge in [-0.05, 0) is 25.7 Å². The van der Waals surface area contributed by atoms with E-state index in [1.807, 2.05) is 4.90 Å². The summed E-state index contributed by atoms with van der Waals surface area (Å²) in [6, 6.07) is 0.756. The number of rotatable bonds is 4. The van der Waals surface area contributed by atoms with E-state index in [1.165, 1.54) is 12.8 Å². The van der Waals surface area contributed by atoms with Gasteiger partial charge in [0.1, 0.15) is 0 Å². The molecule has 21 heavy (non-hydrogen) atoms. The lowest BCUT2D eigenvalue weighted by molar-refractivity contribution is -0.156. The molecule has 1 heterocycles. The van der Waals surface area contributed by atoms with E-state index in [0.29, 0.717) is 12.8 Å². The number of carboxylic acids is 1. The molecule has 0 bridgehead atoms. The van der Waals surface area contributed by atoms with Crippen molar-refractivity contribution in [2.24, 2.45) is 5.41 Å². The molecule has 5 nitrogen and oxygen atoms in total. The highest BCUT2D eigenvalue weighted by molar-refractivity contribution is 5.85. The standard InChI is InChI=1S/C16H26N2O3/c19-14(12-16(15(20)21)6-2-1-3-7-16)18-10-8-17(9-11-18)13-4-5-13/h13H,1-12H2,(H,20,21). The molecule has 5 heteroatoms. The minimum absolute atomic E-state index is 0.0507. The zero-order chi connectivity index (χ0) is 14.9. The van der Waals surface area contributed by atoms with Gasteiger partial charge in [-0.15, -0.1) is 0 Å². The molecule has 2 aliphatic carbocycles. The van der Waals surface area contributed by atoms with Crippen LogP contribution in [0, 0.1) is 5.41 Å². The monoisotopic (exact) mass is 294 g/mol. The second-order valence-electron chi connectivity index (χ2n) is 6.97. The second-order valence-corrected chi connectivity index (χ2v) is 6.97. The summed E-state index contributed by atoms with van der Waals surface area (Å²) in [5.74, 6) is -0.720.